The van der Waals surface area contributed by atoms with Crippen LogP contribution in [0.2, 0.25) is 5.02 Å². The lowest BCUT2D eigenvalue weighted by Gasteiger charge is -2.09. The Morgan fingerprint density at radius 1 is 1.43 bits per heavy atom. The molecule has 1 fully saturated rings. The van der Waals surface area contributed by atoms with Crippen molar-refractivity contribution in [1.82, 2.24) is 5.32 Å². The van der Waals surface area contributed by atoms with Crippen molar-refractivity contribution in [3.63, 3.8) is 0 Å². The summed E-state index contributed by atoms with van der Waals surface area (Å²) in [6.45, 7) is 0.454. The molecule has 116 valence electrons. The van der Waals surface area contributed by atoms with Gasteiger partial charge in [-0.2, -0.15) is 0 Å². The van der Waals surface area contributed by atoms with Gasteiger partial charge in [0.1, 0.15) is 0 Å². The molecule has 1 heterocycles. The molecule has 0 radical (unpaired) electrons. The molecule has 0 spiro atoms. The van der Waals surface area contributed by atoms with Gasteiger partial charge in [-0.15, -0.1) is 11.8 Å². The number of carbonyl (C=O) groups is 1. The third-order valence-electron chi connectivity index (χ3n) is 3.31. The highest BCUT2D eigenvalue weighted by molar-refractivity contribution is 7.99. The van der Waals surface area contributed by atoms with Gasteiger partial charge in [-0.05, 0) is 30.0 Å². The molecule has 0 aromatic heterocycles. The third kappa shape index (κ3) is 5.88. The third-order valence-corrected chi connectivity index (χ3v) is 6.38. The van der Waals surface area contributed by atoms with E-state index in [1.807, 2.05) is 24.3 Å². The van der Waals surface area contributed by atoms with Crippen molar-refractivity contribution in [2.24, 2.45) is 5.92 Å². The highest BCUT2D eigenvalue weighted by Crippen LogP contribution is 2.18. The largest absolute Gasteiger partial charge is 0.355 e. The van der Waals surface area contributed by atoms with E-state index in [1.54, 1.807) is 0 Å². The summed E-state index contributed by atoms with van der Waals surface area (Å²) in [4.78, 5) is 11.7. The van der Waals surface area contributed by atoms with Crippen LogP contribution in [0.4, 0.5) is 0 Å². The average Bonchev–Trinajstić information content (AvgIpc) is 2.76. The van der Waals surface area contributed by atoms with Gasteiger partial charge >= 0.3 is 0 Å². The SMILES string of the molecule is O=C(CSCc1cccc(Cl)c1)NCC1CCS(=O)(=O)C1. The minimum atomic E-state index is -2.87. The fourth-order valence-electron chi connectivity index (χ4n) is 2.23. The van der Waals surface area contributed by atoms with Crippen molar-refractivity contribution in [3.05, 3.63) is 34.9 Å². The number of halogens is 1. The first-order valence-corrected chi connectivity index (χ1v) is 10.1. The van der Waals surface area contributed by atoms with E-state index in [1.165, 1.54) is 11.8 Å². The molecule has 1 unspecified atom stereocenters. The summed E-state index contributed by atoms with van der Waals surface area (Å²) in [6, 6.07) is 7.56. The van der Waals surface area contributed by atoms with E-state index < -0.39 is 9.84 Å². The van der Waals surface area contributed by atoms with Crippen LogP contribution in [0.15, 0.2) is 24.3 Å². The second kappa shape index (κ2) is 7.51. The molecule has 1 saturated heterocycles. The molecule has 1 aliphatic rings. The first-order chi connectivity index (χ1) is 9.94. The maximum absolute atomic E-state index is 11.7. The topological polar surface area (TPSA) is 63.2 Å². The zero-order valence-electron chi connectivity index (χ0n) is 11.5. The van der Waals surface area contributed by atoms with Gasteiger partial charge in [0.15, 0.2) is 9.84 Å². The zero-order chi connectivity index (χ0) is 15.3. The normalized spacial score (nSPS) is 20.3. The number of thioether (sulfide) groups is 1. The van der Waals surface area contributed by atoms with E-state index in [0.717, 1.165) is 11.3 Å². The molecule has 1 aromatic carbocycles. The lowest BCUT2D eigenvalue weighted by Crippen LogP contribution is -2.31. The molecule has 0 bridgehead atoms. The van der Waals surface area contributed by atoms with E-state index in [9.17, 15) is 13.2 Å². The summed E-state index contributed by atoms with van der Waals surface area (Å²) >= 11 is 7.41. The average molecular weight is 348 g/mol. The molecule has 1 N–H and O–H groups in total. The molecular formula is C14H18ClNO3S2. The molecule has 1 amide bonds. The predicted molar refractivity (Wildman–Crippen MR) is 87.4 cm³/mol. The summed E-state index contributed by atoms with van der Waals surface area (Å²) in [6.07, 6.45) is 0.651. The van der Waals surface area contributed by atoms with Gasteiger partial charge in [0.05, 0.1) is 17.3 Å². The lowest BCUT2D eigenvalue weighted by atomic mass is 10.1. The molecular weight excluding hydrogens is 330 g/mol. The predicted octanol–water partition coefficient (Wildman–Crippen LogP) is 2.12. The molecule has 1 atom stereocenters. The monoisotopic (exact) mass is 347 g/mol. The van der Waals surface area contributed by atoms with Crippen LogP contribution in [0.3, 0.4) is 0 Å². The van der Waals surface area contributed by atoms with Gasteiger partial charge in [-0.3, -0.25) is 4.79 Å². The van der Waals surface area contributed by atoms with Crippen molar-refractivity contribution < 1.29 is 13.2 Å². The van der Waals surface area contributed by atoms with Crippen molar-refractivity contribution in [2.75, 3.05) is 23.8 Å². The number of sulfone groups is 1. The molecule has 0 aliphatic carbocycles. The number of nitrogens with one attached hydrogen (secondary N) is 1. The summed E-state index contributed by atoms with van der Waals surface area (Å²) < 4.78 is 22.6. The number of benzene rings is 1. The second-order valence-corrected chi connectivity index (χ2v) is 8.85. The Kier molecular flexibility index (Phi) is 5.96. The summed E-state index contributed by atoms with van der Waals surface area (Å²) in [5, 5.41) is 3.50. The van der Waals surface area contributed by atoms with Gasteiger partial charge < -0.3 is 5.32 Å². The van der Waals surface area contributed by atoms with Crippen LogP contribution < -0.4 is 5.32 Å². The van der Waals surface area contributed by atoms with Gasteiger partial charge in [-0.25, -0.2) is 8.42 Å². The standard InChI is InChI=1S/C14H18ClNO3S2/c15-13-3-1-2-11(6-13)8-20-9-14(17)16-7-12-4-5-21(18,19)10-12/h1-3,6,12H,4-5,7-10H2,(H,16,17). The fraction of sp³-hybridized carbons (Fsp3) is 0.500. The smallest absolute Gasteiger partial charge is 0.230 e. The van der Waals surface area contributed by atoms with Crippen molar-refractivity contribution in [3.8, 4) is 0 Å². The van der Waals surface area contributed by atoms with Crippen molar-refractivity contribution in [2.45, 2.75) is 12.2 Å². The number of hydrogen-bond donors (Lipinski definition) is 1. The van der Waals surface area contributed by atoms with E-state index in [-0.39, 0.29) is 23.3 Å². The molecule has 0 saturated carbocycles. The molecule has 4 nitrogen and oxygen atoms in total. The first kappa shape index (κ1) is 16.6. The number of hydrogen-bond acceptors (Lipinski definition) is 4. The van der Waals surface area contributed by atoms with E-state index in [2.05, 4.69) is 5.32 Å². The Morgan fingerprint density at radius 2 is 2.24 bits per heavy atom. The lowest BCUT2D eigenvalue weighted by molar-refractivity contribution is -0.118. The van der Waals surface area contributed by atoms with Crippen LogP contribution in [0, 0.1) is 5.92 Å². The fourth-order valence-corrected chi connectivity index (χ4v) is 5.11. The first-order valence-electron chi connectivity index (χ1n) is 6.74. The number of carbonyl (C=O) groups excluding carboxylic acids is 1. The van der Waals surface area contributed by atoms with Crippen LogP contribution in [-0.4, -0.2) is 38.1 Å². The van der Waals surface area contributed by atoms with Crippen LogP contribution in [-0.2, 0) is 20.4 Å². The minimum absolute atomic E-state index is 0.0497. The highest BCUT2D eigenvalue weighted by Gasteiger charge is 2.27. The van der Waals surface area contributed by atoms with Crippen LogP contribution in [0.5, 0.6) is 0 Å². The van der Waals surface area contributed by atoms with E-state index >= 15 is 0 Å². The van der Waals surface area contributed by atoms with E-state index in [4.69, 9.17) is 11.6 Å². The minimum Gasteiger partial charge on any atom is -0.355 e. The van der Waals surface area contributed by atoms with Crippen LogP contribution in [0.1, 0.15) is 12.0 Å². The van der Waals surface area contributed by atoms with Crippen molar-refractivity contribution in [1.29, 1.82) is 0 Å². The Morgan fingerprint density at radius 3 is 2.90 bits per heavy atom. The Bertz CT molecular complexity index is 604. The number of amides is 1. The molecule has 2 rings (SSSR count). The van der Waals surface area contributed by atoms with Crippen LogP contribution in [0.25, 0.3) is 0 Å². The number of rotatable bonds is 6. The Hall–Kier alpha value is -0.720. The molecule has 21 heavy (non-hydrogen) atoms. The zero-order valence-corrected chi connectivity index (χ0v) is 13.9. The second-order valence-electron chi connectivity index (χ2n) is 5.20. The quantitative estimate of drug-likeness (QED) is 0.856. The van der Waals surface area contributed by atoms with E-state index in [0.29, 0.717) is 23.7 Å². The van der Waals surface area contributed by atoms with Gasteiger partial charge in [-0.1, -0.05) is 23.7 Å². The van der Waals surface area contributed by atoms with Gasteiger partial charge in [0, 0.05) is 17.3 Å². The van der Waals surface area contributed by atoms with Gasteiger partial charge in [0.25, 0.3) is 0 Å². The van der Waals surface area contributed by atoms with Crippen molar-refractivity contribution >= 4 is 39.1 Å². The molecule has 1 aromatic rings. The summed E-state index contributed by atoms with van der Waals surface area (Å²) in [5.41, 5.74) is 1.09. The summed E-state index contributed by atoms with van der Waals surface area (Å²) in [7, 11) is -2.87. The maximum atomic E-state index is 11.7. The van der Waals surface area contributed by atoms with Gasteiger partial charge in [0.2, 0.25) is 5.91 Å². The maximum Gasteiger partial charge on any atom is 0.230 e. The Labute approximate surface area is 134 Å². The Balaban J connectivity index is 1.64. The summed E-state index contributed by atoms with van der Waals surface area (Å²) in [5.74, 6) is 1.56. The van der Waals surface area contributed by atoms with Crippen LogP contribution >= 0.6 is 23.4 Å². The molecule has 1 aliphatic heterocycles. The highest BCUT2D eigenvalue weighted by atomic mass is 35.5. The molecule has 7 heteroatoms.